The molecule has 5 heteroatoms. The van der Waals surface area contributed by atoms with Crippen LogP contribution in [0.15, 0.2) is 176 Å². The van der Waals surface area contributed by atoms with Crippen LogP contribution >= 0.6 is 11.6 Å². The third kappa shape index (κ3) is 4.74. The fraction of sp³-hybridized carbons (Fsp3) is 0. The Hall–Kier alpha value is -6.88. The Labute approximate surface area is 315 Å². The van der Waals surface area contributed by atoms with Gasteiger partial charge in [0.05, 0.1) is 21.7 Å². The maximum atomic E-state index is 7.24. The van der Waals surface area contributed by atoms with Gasteiger partial charge in [-0.2, -0.15) is 0 Å². The predicted molar refractivity (Wildman–Crippen MR) is 226 cm³/mol. The summed E-state index contributed by atoms with van der Waals surface area (Å²) in [4.78, 5) is 15.5. The molecule has 2 heterocycles. The van der Waals surface area contributed by atoms with Crippen LogP contribution in [0, 0.1) is 0 Å². The Morgan fingerprint density at radius 2 is 0.981 bits per heavy atom. The van der Waals surface area contributed by atoms with Crippen molar-refractivity contribution in [1.29, 1.82) is 0 Å². The summed E-state index contributed by atoms with van der Waals surface area (Å²) in [5.74, 6) is 1.88. The van der Waals surface area contributed by atoms with Crippen LogP contribution in [0.1, 0.15) is 0 Å². The van der Waals surface area contributed by atoms with E-state index >= 15 is 0 Å². The lowest BCUT2D eigenvalue weighted by Gasteiger charge is -2.14. The van der Waals surface area contributed by atoms with Gasteiger partial charge in [-0.15, -0.1) is 0 Å². The molecule has 0 bridgehead atoms. The van der Waals surface area contributed by atoms with Gasteiger partial charge >= 0.3 is 0 Å². The van der Waals surface area contributed by atoms with Crippen LogP contribution in [0.25, 0.3) is 105 Å². The summed E-state index contributed by atoms with van der Waals surface area (Å²) in [5, 5.41) is 11.9. The van der Waals surface area contributed by atoms with Crippen molar-refractivity contribution in [2.24, 2.45) is 0 Å². The highest BCUT2D eigenvalue weighted by Gasteiger charge is 2.20. The Morgan fingerprint density at radius 3 is 1.80 bits per heavy atom. The molecule has 2 aromatic heterocycles. The van der Waals surface area contributed by atoms with Crippen molar-refractivity contribution in [3.05, 3.63) is 181 Å². The first kappa shape index (κ1) is 30.7. The first-order valence-electron chi connectivity index (χ1n) is 18.1. The minimum Gasteiger partial charge on any atom is -0.309 e. The lowest BCUT2D eigenvalue weighted by atomic mass is 9.97. The number of para-hydroxylation sites is 1. The predicted octanol–water partition coefficient (Wildman–Crippen LogP) is 13.2. The van der Waals surface area contributed by atoms with Gasteiger partial charge in [-0.1, -0.05) is 157 Å². The van der Waals surface area contributed by atoms with Crippen molar-refractivity contribution in [3.63, 3.8) is 0 Å². The molecule has 11 rings (SSSR count). The summed E-state index contributed by atoms with van der Waals surface area (Å²) in [5.41, 5.74) is 6.04. The van der Waals surface area contributed by atoms with E-state index in [-0.39, 0.29) is 0 Å². The summed E-state index contributed by atoms with van der Waals surface area (Å²) in [7, 11) is 0. The van der Waals surface area contributed by atoms with Crippen LogP contribution in [-0.2, 0) is 0 Å². The number of benzene rings is 9. The van der Waals surface area contributed by atoms with E-state index in [0.717, 1.165) is 81.5 Å². The molecule has 54 heavy (non-hydrogen) atoms. The Kier molecular flexibility index (Phi) is 6.88. The Balaban J connectivity index is 1.17. The molecule has 0 radical (unpaired) electrons. The van der Waals surface area contributed by atoms with Crippen molar-refractivity contribution in [3.8, 4) is 39.9 Å². The average molecular weight is 709 g/mol. The van der Waals surface area contributed by atoms with Crippen molar-refractivity contribution >= 4 is 76.5 Å². The molecular weight excluding hydrogens is 680 g/mol. The van der Waals surface area contributed by atoms with Gasteiger partial charge in [-0.25, -0.2) is 15.0 Å². The SMILES string of the molecule is Clc1c2ccccc2cc2c1c1ccccc1n2-c1cccc2ccc(-c3nc(-c4ccccc4)nc(-c4cc5ccccc5c5ccccc45)n3)cc12. The maximum Gasteiger partial charge on any atom is 0.164 e. The van der Waals surface area contributed by atoms with E-state index in [2.05, 4.69) is 156 Å². The summed E-state index contributed by atoms with van der Waals surface area (Å²) in [6.45, 7) is 0. The molecule has 0 atom stereocenters. The summed E-state index contributed by atoms with van der Waals surface area (Å²) in [6, 6.07) is 61.5. The van der Waals surface area contributed by atoms with Crippen molar-refractivity contribution in [1.82, 2.24) is 19.5 Å². The van der Waals surface area contributed by atoms with E-state index in [4.69, 9.17) is 26.6 Å². The topological polar surface area (TPSA) is 43.6 Å². The number of nitrogens with zero attached hydrogens (tertiary/aromatic N) is 4. The monoisotopic (exact) mass is 708 g/mol. The fourth-order valence-electron chi connectivity index (χ4n) is 8.16. The number of hydrogen-bond donors (Lipinski definition) is 0. The van der Waals surface area contributed by atoms with E-state index in [1.807, 2.05) is 24.3 Å². The molecule has 0 unspecified atom stereocenters. The first-order valence-corrected chi connectivity index (χ1v) is 18.4. The highest BCUT2D eigenvalue weighted by atomic mass is 35.5. The zero-order valence-corrected chi connectivity index (χ0v) is 29.7. The van der Waals surface area contributed by atoms with Crippen LogP contribution in [0.5, 0.6) is 0 Å². The third-order valence-corrected chi connectivity index (χ3v) is 11.0. The maximum absolute atomic E-state index is 7.24. The van der Waals surface area contributed by atoms with Gasteiger partial charge in [0.25, 0.3) is 0 Å². The minimum absolute atomic E-state index is 0.615. The van der Waals surface area contributed by atoms with Gasteiger partial charge in [0, 0.05) is 38.2 Å². The molecule has 252 valence electrons. The second-order valence-corrected chi connectivity index (χ2v) is 14.1. The fourth-order valence-corrected chi connectivity index (χ4v) is 8.53. The van der Waals surface area contributed by atoms with Crippen molar-refractivity contribution in [2.75, 3.05) is 0 Å². The number of aromatic nitrogens is 4. The molecule has 0 aliphatic carbocycles. The van der Waals surface area contributed by atoms with Gasteiger partial charge in [-0.05, 0) is 62.6 Å². The molecule has 0 amide bonds. The average Bonchev–Trinajstić information content (AvgIpc) is 3.57. The smallest absolute Gasteiger partial charge is 0.164 e. The first-order chi connectivity index (χ1) is 26.7. The van der Waals surface area contributed by atoms with Gasteiger partial charge in [-0.3, -0.25) is 0 Å². The van der Waals surface area contributed by atoms with E-state index in [1.54, 1.807) is 0 Å². The van der Waals surface area contributed by atoms with Gasteiger partial charge in [0.1, 0.15) is 0 Å². The molecule has 0 aliphatic heterocycles. The zero-order valence-electron chi connectivity index (χ0n) is 28.9. The molecule has 9 aromatic carbocycles. The molecule has 0 spiro atoms. The van der Waals surface area contributed by atoms with E-state index in [9.17, 15) is 0 Å². The number of fused-ring (bicyclic) bond motifs is 8. The summed E-state index contributed by atoms with van der Waals surface area (Å²) in [6.07, 6.45) is 0. The third-order valence-electron chi connectivity index (χ3n) is 10.7. The van der Waals surface area contributed by atoms with Crippen LogP contribution in [-0.4, -0.2) is 19.5 Å². The minimum atomic E-state index is 0.615. The molecule has 0 fully saturated rings. The number of halogens is 1. The quantitative estimate of drug-likeness (QED) is 0.171. The standard InChI is InChI=1S/C49H29ClN4/c50-46-36-19-7-5-16-33(36)29-44-45(46)39-22-10-11-23-42(39)54(44)43-24-12-17-30-25-26-34(28-40(30)43)48-51-47(31-13-2-1-3-14-31)52-49(53-48)41-27-32-15-4-6-18-35(32)37-20-8-9-21-38(37)41/h1-29H. The molecule has 0 saturated carbocycles. The van der Waals surface area contributed by atoms with E-state index in [0.29, 0.717) is 17.5 Å². The Bertz CT molecular complexity index is 3290. The molecule has 4 nitrogen and oxygen atoms in total. The molecule has 0 aliphatic rings. The lowest BCUT2D eigenvalue weighted by molar-refractivity contribution is 1.08. The van der Waals surface area contributed by atoms with Crippen LogP contribution < -0.4 is 0 Å². The molecule has 11 aromatic rings. The number of hydrogen-bond acceptors (Lipinski definition) is 3. The molecule has 0 N–H and O–H groups in total. The normalized spacial score (nSPS) is 11.8. The highest BCUT2D eigenvalue weighted by Crippen LogP contribution is 2.42. The number of rotatable bonds is 4. The summed E-state index contributed by atoms with van der Waals surface area (Å²) >= 11 is 7.24. The van der Waals surface area contributed by atoms with Crippen LogP contribution in [0.4, 0.5) is 0 Å². The second kappa shape index (κ2) is 12.1. The van der Waals surface area contributed by atoms with Gasteiger partial charge < -0.3 is 4.57 Å². The van der Waals surface area contributed by atoms with Crippen LogP contribution in [0.3, 0.4) is 0 Å². The lowest BCUT2D eigenvalue weighted by Crippen LogP contribution is -2.01. The molecule has 0 saturated heterocycles. The van der Waals surface area contributed by atoms with Crippen molar-refractivity contribution < 1.29 is 0 Å². The Morgan fingerprint density at radius 1 is 0.370 bits per heavy atom. The van der Waals surface area contributed by atoms with Gasteiger partial charge in [0.2, 0.25) is 0 Å². The highest BCUT2D eigenvalue weighted by molar-refractivity contribution is 6.43. The molecular formula is C49H29ClN4. The van der Waals surface area contributed by atoms with Gasteiger partial charge in [0.15, 0.2) is 17.5 Å². The van der Waals surface area contributed by atoms with Crippen LogP contribution in [0.2, 0.25) is 5.02 Å². The largest absolute Gasteiger partial charge is 0.309 e. The van der Waals surface area contributed by atoms with E-state index < -0.39 is 0 Å². The van der Waals surface area contributed by atoms with E-state index in [1.165, 1.54) is 10.8 Å². The summed E-state index contributed by atoms with van der Waals surface area (Å²) < 4.78 is 2.35. The zero-order chi connectivity index (χ0) is 35.8. The van der Waals surface area contributed by atoms with Crippen molar-refractivity contribution in [2.45, 2.75) is 0 Å². The second-order valence-electron chi connectivity index (χ2n) is 13.7.